The number of nitrogens with zero attached hydrogens (tertiary/aromatic N) is 3. The Balaban J connectivity index is 1.46. The van der Waals surface area contributed by atoms with Gasteiger partial charge in [-0.05, 0) is 30.2 Å². The summed E-state index contributed by atoms with van der Waals surface area (Å²) in [7, 11) is 0. The van der Waals surface area contributed by atoms with Crippen LogP contribution in [0.4, 0.5) is 5.69 Å². The second-order valence-corrected chi connectivity index (χ2v) is 9.88. The summed E-state index contributed by atoms with van der Waals surface area (Å²) in [4.78, 5) is 33.7. The molecule has 0 fully saturated rings. The van der Waals surface area contributed by atoms with Gasteiger partial charge in [0.25, 0.3) is 5.56 Å². The molecule has 0 saturated heterocycles. The average Bonchev–Trinajstić information content (AvgIpc) is 3.36. The number of carbonyl (C=O) groups is 1. The van der Waals surface area contributed by atoms with Gasteiger partial charge in [0, 0.05) is 23.9 Å². The van der Waals surface area contributed by atoms with Gasteiger partial charge in [0.1, 0.15) is 0 Å². The Labute approximate surface area is 183 Å². The van der Waals surface area contributed by atoms with Gasteiger partial charge in [-0.15, -0.1) is 11.8 Å². The van der Waals surface area contributed by atoms with E-state index in [9.17, 15) is 9.59 Å². The van der Waals surface area contributed by atoms with E-state index in [2.05, 4.69) is 13.0 Å². The van der Waals surface area contributed by atoms with Crippen molar-refractivity contribution in [2.45, 2.75) is 35.1 Å². The molecule has 2 aromatic carbocycles. The Bertz CT molecular complexity index is 1180. The highest BCUT2D eigenvalue weighted by molar-refractivity contribution is 8.00. The van der Waals surface area contributed by atoms with Crippen LogP contribution in [0.3, 0.4) is 0 Å². The molecule has 0 bridgehead atoms. The summed E-state index contributed by atoms with van der Waals surface area (Å²) >= 11 is 2.94. The fourth-order valence-corrected chi connectivity index (χ4v) is 6.00. The van der Waals surface area contributed by atoms with Crippen LogP contribution in [-0.4, -0.2) is 33.0 Å². The molecule has 0 spiro atoms. The molecule has 0 N–H and O–H groups in total. The fraction of sp³-hybridized carbons (Fsp3) is 0.261. The molecule has 0 aliphatic carbocycles. The normalized spacial score (nSPS) is 17.1. The first-order valence-electron chi connectivity index (χ1n) is 10.0. The predicted molar refractivity (Wildman–Crippen MR) is 122 cm³/mol. The summed E-state index contributed by atoms with van der Waals surface area (Å²) in [6, 6.07) is 17.6. The number of para-hydroxylation sites is 2. The third-order valence-corrected chi connectivity index (χ3v) is 7.55. The van der Waals surface area contributed by atoms with Crippen molar-refractivity contribution >= 4 is 35.1 Å². The Kier molecular flexibility index (Phi) is 5.16. The van der Waals surface area contributed by atoms with Gasteiger partial charge >= 0.3 is 0 Å². The fourth-order valence-electron chi connectivity index (χ4n) is 4.00. The van der Waals surface area contributed by atoms with E-state index in [4.69, 9.17) is 4.98 Å². The maximum atomic E-state index is 13.3. The quantitative estimate of drug-likeness (QED) is 0.459. The van der Waals surface area contributed by atoms with Crippen molar-refractivity contribution in [2.75, 3.05) is 17.2 Å². The van der Waals surface area contributed by atoms with Crippen LogP contribution in [0.5, 0.6) is 0 Å². The summed E-state index contributed by atoms with van der Waals surface area (Å²) in [5.41, 5.74) is 3.79. The van der Waals surface area contributed by atoms with E-state index in [0.717, 1.165) is 34.8 Å². The molecular formula is C23H21N3O2S2. The first-order chi connectivity index (χ1) is 14.6. The smallest absolute Gasteiger partial charge is 0.272 e. The molecule has 7 heteroatoms. The lowest BCUT2D eigenvalue weighted by atomic mass is 10.2. The van der Waals surface area contributed by atoms with Crippen molar-refractivity contribution in [1.82, 2.24) is 9.55 Å². The Hall–Kier alpha value is -2.51. The van der Waals surface area contributed by atoms with E-state index in [-0.39, 0.29) is 17.2 Å². The van der Waals surface area contributed by atoms with Gasteiger partial charge in [-0.2, -0.15) is 0 Å². The van der Waals surface area contributed by atoms with Crippen LogP contribution in [0.25, 0.3) is 5.69 Å². The van der Waals surface area contributed by atoms with Crippen molar-refractivity contribution in [2.24, 2.45) is 0 Å². The van der Waals surface area contributed by atoms with Crippen molar-refractivity contribution in [3.05, 3.63) is 76.2 Å². The van der Waals surface area contributed by atoms with Gasteiger partial charge in [0.15, 0.2) is 5.16 Å². The van der Waals surface area contributed by atoms with Gasteiger partial charge < -0.3 is 4.90 Å². The number of thioether (sulfide) groups is 2. The summed E-state index contributed by atoms with van der Waals surface area (Å²) in [6.07, 6.45) is 1.67. The van der Waals surface area contributed by atoms with E-state index >= 15 is 0 Å². The molecule has 5 rings (SSSR count). The summed E-state index contributed by atoms with van der Waals surface area (Å²) in [5.74, 6) is 0.289. The van der Waals surface area contributed by atoms with E-state index in [0.29, 0.717) is 17.0 Å². The molecule has 1 amide bonds. The van der Waals surface area contributed by atoms with Gasteiger partial charge in [-0.1, -0.05) is 55.1 Å². The maximum Gasteiger partial charge on any atom is 0.272 e. The lowest BCUT2D eigenvalue weighted by molar-refractivity contribution is -0.116. The maximum absolute atomic E-state index is 13.3. The first-order valence-corrected chi connectivity index (χ1v) is 11.9. The van der Waals surface area contributed by atoms with Gasteiger partial charge in [0.2, 0.25) is 5.91 Å². The van der Waals surface area contributed by atoms with E-state index in [1.807, 2.05) is 53.4 Å². The molecule has 152 valence electrons. The molecule has 1 atom stereocenters. The van der Waals surface area contributed by atoms with Crippen molar-refractivity contribution < 1.29 is 4.79 Å². The van der Waals surface area contributed by atoms with Crippen LogP contribution >= 0.6 is 23.5 Å². The number of rotatable bonds is 4. The molecule has 2 aliphatic heterocycles. The van der Waals surface area contributed by atoms with Crippen molar-refractivity contribution in [3.63, 3.8) is 0 Å². The van der Waals surface area contributed by atoms with E-state index < -0.39 is 0 Å². The van der Waals surface area contributed by atoms with Crippen LogP contribution in [0.15, 0.2) is 69.4 Å². The van der Waals surface area contributed by atoms with Crippen LogP contribution in [-0.2, 0) is 17.6 Å². The van der Waals surface area contributed by atoms with Gasteiger partial charge in [-0.25, -0.2) is 4.98 Å². The highest BCUT2D eigenvalue weighted by Crippen LogP contribution is 2.35. The minimum absolute atomic E-state index is 0.0398. The predicted octanol–water partition coefficient (Wildman–Crippen LogP) is 3.95. The minimum Gasteiger partial charge on any atom is -0.311 e. The number of hydrogen-bond donors (Lipinski definition) is 0. The topological polar surface area (TPSA) is 55.2 Å². The molecule has 0 radical (unpaired) electrons. The monoisotopic (exact) mass is 435 g/mol. The first kappa shape index (κ1) is 19.5. The SMILES string of the molecule is CC1Cc2nc(SCC(=O)N3CCc4ccccc43)n(-c3ccccc3)c(=O)c2S1. The van der Waals surface area contributed by atoms with Crippen molar-refractivity contribution in [1.29, 1.82) is 0 Å². The van der Waals surface area contributed by atoms with Crippen LogP contribution in [0.1, 0.15) is 18.2 Å². The van der Waals surface area contributed by atoms with E-state index in [1.54, 1.807) is 16.3 Å². The summed E-state index contributed by atoms with van der Waals surface area (Å²) in [5, 5.41) is 0.924. The molecule has 1 unspecified atom stereocenters. The van der Waals surface area contributed by atoms with Gasteiger partial charge in [-0.3, -0.25) is 14.2 Å². The molecular weight excluding hydrogens is 414 g/mol. The largest absolute Gasteiger partial charge is 0.311 e. The minimum atomic E-state index is -0.0398. The highest BCUT2D eigenvalue weighted by Gasteiger charge is 2.28. The zero-order valence-electron chi connectivity index (χ0n) is 16.6. The van der Waals surface area contributed by atoms with E-state index in [1.165, 1.54) is 17.3 Å². The lowest BCUT2D eigenvalue weighted by Crippen LogP contribution is -2.31. The highest BCUT2D eigenvalue weighted by atomic mass is 32.2. The third kappa shape index (κ3) is 3.46. The molecule has 2 aliphatic rings. The van der Waals surface area contributed by atoms with Crippen LogP contribution in [0.2, 0.25) is 0 Å². The number of benzene rings is 2. The number of anilines is 1. The summed E-state index contributed by atoms with van der Waals surface area (Å²) < 4.78 is 1.65. The number of hydrogen-bond acceptors (Lipinski definition) is 5. The zero-order valence-corrected chi connectivity index (χ0v) is 18.2. The molecule has 3 aromatic rings. The lowest BCUT2D eigenvalue weighted by Gasteiger charge is -2.18. The number of amides is 1. The standard InChI is InChI=1S/C23H21N3O2S2/c1-15-13-18-21(30-15)22(28)26(17-8-3-2-4-9-17)23(24-18)29-14-20(27)25-12-11-16-7-5-6-10-19(16)25/h2-10,15H,11-14H2,1H3. The zero-order chi connectivity index (χ0) is 20.7. The second-order valence-electron chi connectivity index (χ2n) is 7.49. The van der Waals surface area contributed by atoms with Crippen LogP contribution in [0, 0.1) is 0 Å². The molecule has 3 heterocycles. The molecule has 1 aromatic heterocycles. The number of aromatic nitrogens is 2. The van der Waals surface area contributed by atoms with Crippen molar-refractivity contribution in [3.8, 4) is 5.69 Å². The summed E-state index contributed by atoms with van der Waals surface area (Å²) in [6.45, 7) is 2.82. The number of fused-ring (bicyclic) bond motifs is 2. The molecule has 5 nitrogen and oxygen atoms in total. The second kappa shape index (κ2) is 7.96. The Morgan fingerprint density at radius 3 is 2.77 bits per heavy atom. The Morgan fingerprint density at radius 1 is 1.17 bits per heavy atom. The average molecular weight is 436 g/mol. The van der Waals surface area contributed by atoms with Gasteiger partial charge in [0.05, 0.1) is 22.0 Å². The Morgan fingerprint density at radius 2 is 1.93 bits per heavy atom. The number of carbonyl (C=O) groups excluding carboxylic acids is 1. The third-order valence-electron chi connectivity index (χ3n) is 5.41. The molecule has 0 saturated carbocycles. The van der Waals surface area contributed by atoms with Crippen LogP contribution < -0.4 is 10.5 Å². The molecule has 30 heavy (non-hydrogen) atoms.